The van der Waals surface area contributed by atoms with Crippen LogP contribution in [0.25, 0.3) is 31.4 Å². The molecule has 1 saturated carbocycles. The molecular formula is C22H15N3OS2. The van der Waals surface area contributed by atoms with Crippen LogP contribution in [0.5, 0.6) is 0 Å². The summed E-state index contributed by atoms with van der Waals surface area (Å²) in [7, 11) is 0. The number of hydrogen-bond donors (Lipinski definition) is 0. The van der Waals surface area contributed by atoms with Gasteiger partial charge < -0.3 is 4.57 Å². The van der Waals surface area contributed by atoms with E-state index in [1.54, 1.807) is 28.9 Å². The highest BCUT2D eigenvalue weighted by molar-refractivity contribution is 7.17. The molecule has 5 heterocycles. The lowest BCUT2D eigenvalue weighted by molar-refractivity contribution is 0.689. The quantitative estimate of drug-likeness (QED) is 0.403. The first kappa shape index (κ1) is 16.2. The van der Waals surface area contributed by atoms with Crippen LogP contribution in [-0.2, 0) is 0 Å². The van der Waals surface area contributed by atoms with Crippen LogP contribution < -0.4 is 5.56 Å². The van der Waals surface area contributed by atoms with Gasteiger partial charge in [-0.15, -0.1) is 22.7 Å². The van der Waals surface area contributed by atoms with Crippen molar-refractivity contribution < 1.29 is 0 Å². The zero-order valence-corrected chi connectivity index (χ0v) is 16.4. The third-order valence-corrected chi connectivity index (χ3v) is 7.27. The summed E-state index contributed by atoms with van der Waals surface area (Å²) in [6.45, 7) is 0. The molecule has 28 heavy (non-hydrogen) atoms. The number of fused-ring (bicyclic) bond motifs is 2. The Bertz CT molecular complexity index is 1380. The predicted molar refractivity (Wildman–Crippen MR) is 115 cm³/mol. The molecule has 0 spiro atoms. The highest BCUT2D eigenvalue weighted by atomic mass is 32.1. The van der Waals surface area contributed by atoms with Gasteiger partial charge in [0.05, 0.1) is 15.6 Å². The molecule has 0 N–H and O–H groups in total. The first-order valence-corrected chi connectivity index (χ1v) is 10.9. The highest BCUT2D eigenvalue weighted by Gasteiger charge is 2.41. The number of nitrogens with zero attached hydrogens (tertiary/aromatic N) is 3. The fraction of sp³-hybridized carbons (Fsp3) is 0.136. The van der Waals surface area contributed by atoms with Crippen LogP contribution in [-0.4, -0.2) is 14.5 Å². The Labute approximate surface area is 168 Å². The molecule has 5 aromatic heterocycles. The minimum absolute atomic E-state index is 0.0849. The largest absolute Gasteiger partial charge is 0.311 e. The van der Waals surface area contributed by atoms with Crippen molar-refractivity contribution in [2.45, 2.75) is 18.4 Å². The second-order valence-corrected chi connectivity index (χ2v) is 8.97. The first-order chi connectivity index (χ1) is 13.8. The van der Waals surface area contributed by atoms with Gasteiger partial charge >= 0.3 is 0 Å². The Balaban J connectivity index is 1.42. The molecule has 0 radical (unpaired) electrons. The molecule has 0 amide bonds. The molecule has 1 aliphatic carbocycles. The Kier molecular flexibility index (Phi) is 3.51. The standard InChI is InChI=1S/C22H15N3OS2/c26-22-21-15(13-2-1-7-23-11-13)12-28-20(21)5-8-25(22)18-10-14(18)16-3-4-19-17(24-16)6-9-27-19/h1-9,11-12,14,18H,10H2/t14-,18+/m0/s1. The fourth-order valence-electron chi connectivity index (χ4n) is 3.94. The van der Waals surface area contributed by atoms with Crippen LogP contribution in [0.4, 0.5) is 0 Å². The SMILES string of the molecule is O=c1c2c(-c3cccnc3)csc2ccn1[C@@H]1C[C@H]1c1ccc2sccc2n1. The molecule has 6 rings (SSSR count). The lowest BCUT2D eigenvalue weighted by atomic mass is 10.1. The molecule has 2 atom stereocenters. The smallest absolute Gasteiger partial charge is 0.260 e. The van der Waals surface area contributed by atoms with Crippen molar-refractivity contribution >= 4 is 43.0 Å². The minimum atomic E-state index is 0.0849. The van der Waals surface area contributed by atoms with E-state index in [1.165, 1.54) is 4.70 Å². The van der Waals surface area contributed by atoms with Crippen LogP contribution in [0, 0.1) is 0 Å². The van der Waals surface area contributed by atoms with Gasteiger partial charge in [0, 0.05) is 57.5 Å². The van der Waals surface area contributed by atoms with Crippen molar-refractivity contribution in [1.82, 2.24) is 14.5 Å². The molecule has 1 aliphatic rings. The van der Waals surface area contributed by atoms with Crippen molar-refractivity contribution in [2.24, 2.45) is 0 Å². The van der Waals surface area contributed by atoms with E-state index in [1.807, 2.05) is 29.1 Å². The summed E-state index contributed by atoms with van der Waals surface area (Å²) >= 11 is 3.32. The molecule has 0 bridgehead atoms. The molecule has 136 valence electrons. The summed E-state index contributed by atoms with van der Waals surface area (Å²) in [5.41, 5.74) is 4.18. The van der Waals surface area contributed by atoms with E-state index in [0.29, 0.717) is 5.92 Å². The molecular weight excluding hydrogens is 386 g/mol. The summed E-state index contributed by atoms with van der Waals surface area (Å²) < 4.78 is 4.13. The maximum atomic E-state index is 13.3. The van der Waals surface area contributed by atoms with E-state index >= 15 is 0 Å². The summed E-state index contributed by atoms with van der Waals surface area (Å²) in [5, 5.41) is 4.93. The van der Waals surface area contributed by atoms with Crippen LogP contribution in [0.1, 0.15) is 24.1 Å². The average Bonchev–Trinajstić information content (AvgIpc) is 3.17. The van der Waals surface area contributed by atoms with E-state index in [2.05, 4.69) is 40.0 Å². The van der Waals surface area contributed by atoms with E-state index in [4.69, 9.17) is 4.98 Å². The minimum Gasteiger partial charge on any atom is -0.311 e. The van der Waals surface area contributed by atoms with Gasteiger partial charge in [-0.2, -0.15) is 0 Å². The van der Waals surface area contributed by atoms with Gasteiger partial charge in [0.2, 0.25) is 0 Å². The molecule has 0 unspecified atom stereocenters. The lowest BCUT2D eigenvalue weighted by Crippen LogP contribution is -2.18. The van der Waals surface area contributed by atoms with Crippen molar-refractivity contribution in [1.29, 1.82) is 0 Å². The van der Waals surface area contributed by atoms with Crippen LogP contribution in [0.3, 0.4) is 0 Å². The second kappa shape index (κ2) is 6.09. The van der Waals surface area contributed by atoms with E-state index in [9.17, 15) is 4.79 Å². The Morgan fingerprint density at radius 1 is 1.07 bits per heavy atom. The predicted octanol–water partition coefficient (Wildman–Crippen LogP) is 5.46. The van der Waals surface area contributed by atoms with Crippen LogP contribution in [0.15, 0.2) is 70.5 Å². The van der Waals surface area contributed by atoms with Crippen molar-refractivity contribution in [3.63, 3.8) is 0 Å². The maximum absolute atomic E-state index is 13.3. The maximum Gasteiger partial charge on any atom is 0.260 e. The molecule has 0 saturated heterocycles. The number of pyridine rings is 3. The number of aromatic nitrogens is 3. The Hall–Kier alpha value is -2.83. The van der Waals surface area contributed by atoms with Crippen LogP contribution >= 0.6 is 22.7 Å². The molecule has 5 aromatic rings. The second-order valence-electron chi connectivity index (χ2n) is 7.11. The summed E-state index contributed by atoms with van der Waals surface area (Å²) in [5.74, 6) is 0.305. The third-order valence-electron chi connectivity index (χ3n) is 5.45. The van der Waals surface area contributed by atoms with Gasteiger partial charge in [-0.1, -0.05) is 6.07 Å². The van der Waals surface area contributed by atoms with Gasteiger partial charge in [0.1, 0.15) is 0 Å². The Morgan fingerprint density at radius 2 is 2.04 bits per heavy atom. The normalized spacial score (nSPS) is 18.7. The first-order valence-electron chi connectivity index (χ1n) is 9.16. The van der Waals surface area contributed by atoms with Gasteiger partial charge in [-0.05, 0) is 42.1 Å². The highest BCUT2D eigenvalue weighted by Crippen LogP contribution is 2.50. The van der Waals surface area contributed by atoms with Gasteiger partial charge in [0.15, 0.2) is 0 Å². The third kappa shape index (κ3) is 2.45. The Morgan fingerprint density at radius 3 is 2.93 bits per heavy atom. The molecule has 0 aliphatic heterocycles. The van der Waals surface area contributed by atoms with Crippen molar-refractivity contribution in [2.75, 3.05) is 0 Å². The fourth-order valence-corrected chi connectivity index (χ4v) is 5.62. The lowest BCUT2D eigenvalue weighted by Gasteiger charge is -2.07. The van der Waals surface area contributed by atoms with Gasteiger partial charge in [0.25, 0.3) is 5.56 Å². The van der Waals surface area contributed by atoms with Gasteiger partial charge in [-0.25, -0.2) is 0 Å². The summed E-state index contributed by atoms with van der Waals surface area (Å²) in [4.78, 5) is 22.4. The van der Waals surface area contributed by atoms with Crippen molar-refractivity contribution in [3.05, 3.63) is 81.8 Å². The van der Waals surface area contributed by atoms with E-state index < -0.39 is 0 Å². The zero-order chi connectivity index (χ0) is 18.7. The number of hydrogen-bond acceptors (Lipinski definition) is 5. The molecule has 6 heteroatoms. The van der Waals surface area contributed by atoms with Gasteiger partial charge in [-0.3, -0.25) is 14.8 Å². The summed E-state index contributed by atoms with van der Waals surface area (Å²) in [6.07, 6.45) is 6.48. The molecule has 1 fully saturated rings. The van der Waals surface area contributed by atoms with E-state index in [0.717, 1.165) is 38.8 Å². The van der Waals surface area contributed by atoms with Crippen LogP contribution in [0.2, 0.25) is 0 Å². The number of rotatable bonds is 3. The molecule has 0 aromatic carbocycles. The zero-order valence-electron chi connectivity index (χ0n) is 14.8. The number of thiophene rings is 2. The monoisotopic (exact) mass is 401 g/mol. The summed E-state index contributed by atoms with van der Waals surface area (Å²) in [6, 6.07) is 12.5. The topological polar surface area (TPSA) is 47.8 Å². The molecule has 4 nitrogen and oxygen atoms in total. The van der Waals surface area contributed by atoms with Crippen molar-refractivity contribution in [3.8, 4) is 11.1 Å². The average molecular weight is 402 g/mol. The van der Waals surface area contributed by atoms with E-state index in [-0.39, 0.29) is 11.6 Å².